The highest BCUT2D eigenvalue weighted by molar-refractivity contribution is 9.09. The number of alkyl halides is 1. The highest BCUT2D eigenvalue weighted by Crippen LogP contribution is 2.43. The molecule has 2 aliphatic heterocycles. The van der Waals surface area contributed by atoms with Gasteiger partial charge in [0.2, 0.25) is 0 Å². The van der Waals surface area contributed by atoms with E-state index in [0.717, 1.165) is 26.0 Å². The first-order valence-electron chi connectivity index (χ1n) is 7.98. The monoisotopic (exact) mass is 365 g/mol. The van der Waals surface area contributed by atoms with E-state index in [1.165, 1.54) is 16.8 Å². The Morgan fingerprint density at radius 1 is 1.41 bits per heavy atom. The lowest BCUT2D eigenvalue weighted by molar-refractivity contribution is 0.0358. The van der Waals surface area contributed by atoms with Gasteiger partial charge in [-0.3, -0.25) is 9.99 Å². The third-order valence-corrected chi connectivity index (χ3v) is 5.62. The van der Waals surface area contributed by atoms with E-state index in [9.17, 15) is 0 Å². The van der Waals surface area contributed by atoms with E-state index in [-0.39, 0.29) is 5.01 Å². The van der Waals surface area contributed by atoms with Crippen molar-refractivity contribution in [1.29, 1.82) is 0 Å². The summed E-state index contributed by atoms with van der Waals surface area (Å²) in [4.78, 5) is 4.40. The molecule has 4 unspecified atom stereocenters. The van der Waals surface area contributed by atoms with E-state index in [1.54, 1.807) is 0 Å². The maximum Gasteiger partial charge on any atom is 0.112 e. The summed E-state index contributed by atoms with van der Waals surface area (Å²) in [6, 6.07) is 2.12. The molecule has 0 aromatic carbocycles. The Labute approximate surface area is 141 Å². The van der Waals surface area contributed by atoms with Crippen molar-refractivity contribution in [2.24, 2.45) is 16.9 Å². The molecule has 4 nitrogen and oxygen atoms in total. The molecule has 0 amide bonds. The molecule has 1 fully saturated rings. The lowest BCUT2D eigenvalue weighted by Gasteiger charge is -2.37. The highest BCUT2D eigenvalue weighted by Gasteiger charge is 2.38. The standard InChI is InChI=1S/C17H24BrN3O/c1-11-4-6-19-9-14(11)17(13-5-7-22-16(18)8-13)15-10-21(3)20-12(15)2/h4,6,9,13,15-17H,5,7-8,10H2,1-3H3. The molecule has 0 saturated carbocycles. The lowest BCUT2D eigenvalue weighted by atomic mass is 9.72. The van der Waals surface area contributed by atoms with Gasteiger partial charge < -0.3 is 4.74 Å². The van der Waals surface area contributed by atoms with Crippen molar-refractivity contribution in [3.05, 3.63) is 29.6 Å². The molecule has 1 saturated heterocycles. The van der Waals surface area contributed by atoms with Gasteiger partial charge in [0.15, 0.2) is 0 Å². The number of aryl methyl sites for hydroxylation is 1. The van der Waals surface area contributed by atoms with Crippen LogP contribution in [0.2, 0.25) is 0 Å². The number of ether oxygens (including phenoxy) is 1. The fourth-order valence-corrected chi connectivity index (χ4v) is 4.56. The van der Waals surface area contributed by atoms with Crippen LogP contribution in [0.15, 0.2) is 23.6 Å². The van der Waals surface area contributed by atoms with E-state index in [4.69, 9.17) is 4.74 Å². The summed E-state index contributed by atoms with van der Waals surface area (Å²) in [6.07, 6.45) is 6.10. The number of nitrogens with zero attached hydrogens (tertiary/aromatic N) is 3. The third-order valence-electron chi connectivity index (χ3n) is 4.98. The lowest BCUT2D eigenvalue weighted by Crippen LogP contribution is -2.34. The topological polar surface area (TPSA) is 37.7 Å². The van der Waals surface area contributed by atoms with Crippen LogP contribution in [0.25, 0.3) is 0 Å². The SMILES string of the molecule is CC1=NN(C)CC1C(c1cnccc1C)C1CCOC(Br)C1. The summed E-state index contributed by atoms with van der Waals surface area (Å²) in [6.45, 7) is 6.18. The van der Waals surface area contributed by atoms with E-state index in [1.807, 2.05) is 6.20 Å². The molecule has 3 rings (SSSR count). The number of hydrogen-bond donors (Lipinski definition) is 0. The van der Waals surface area contributed by atoms with Gasteiger partial charge in [0.05, 0.1) is 0 Å². The van der Waals surface area contributed by atoms with Crippen LogP contribution in [0.5, 0.6) is 0 Å². The average molecular weight is 366 g/mol. The van der Waals surface area contributed by atoms with Crippen LogP contribution in [-0.4, -0.2) is 40.9 Å². The van der Waals surface area contributed by atoms with Crippen LogP contribution in [-0.2, 0) is 4.74 Å². The van der Waals surface area contributed by atoms with Gasteiger partial charge in [-0.05, 0) is 55.7 Å². The van der Waals surface area contributed by atoms with Gasteiger partial charge >= 0.3 is 0 Å². The summed E-state index contributed by atoms with van der Waals surface area (Å²) in [5.74, 6) is 1.53. The van der Waals surface area contributed by atoms with Crippen molar-refractivity contribution < 1.29 is 4.74 Å². The normalized spacial score (nSPS) is 30.3. The molecule has 1 aromatic rings. The number of hydrazone groups is 1. The van der Waals surface area contributed by atoms with Crippen LogP contribution in [0.4, 0.5) is 0 Å². The zero-order valence-corrected chi connectivity index (χ0v) is 15.1. The predicted molar refractivity (Wildman–Crippen MR) is 92.3 cm³/mol. The van der Waals surface area contributed by atoms with Crippen LogP contribution in [0.1, 0.15) is 36.8 Å². The smallest absolute Gasteiger partial charge is 0.112 e. The van der Waals surface area contributed by atoms with Crippen molar-refractivity contribution in [3.63, 3.8) is 0 Å². The van der Waals surface area contributed by atoms with Crippen molar-refractivity contribution in [3.8, 4) is 0 Å². The Balaban J connectivity index is 1.95. The number of rotatable bonds is 3. The van der Waals surface area contributed by atoms with Crippen molar-refractivity contribution in [2.75, 3.05) is 20.2 Å². The first-order valence-corrected chi connectivity index (χ1v) is 8.90. The Kier molecular flexibility index (Phi) is 4.83. The zero-order chi connectivity index (χ0) is 15.7. The molecule has 3 heterocycles. The van der Waals surface area contributed by atoms with Crippen LogP contribution in [0, 0.1) is 18.8 Å². The minimum absolute atomic E-state index is 0.169. The van der Waals surface area contributed by atoms with Gasteiger partial charge in [-0.15, -0.1) is 0 Å². The minimum atomic E-state index is 0.169. The number of pyridine rings is 1. The summed E-state index contributed by atoms with van der Waals surface area (Å²) in [5.41, 5.74) is 3.96. The summed E-state index contributed by atoms with van der Waals surface area (Å²) < 4.78 is 5.70. The molecule has 0 N–H and O–H groups in total. The Morgan fingerprint density at radius 2 is 2.23 bits per heavy atom. The Hall–Kier alpha value is -0.940. The van der Waals surface area contributed by atoms with Gasteiger partial charge in [-0.1, -0.05) is 15.9 Å². The predicted octanol–water partition coefficient (Wildman–Crippen LogP) is 3.56. The van der Waals surface area contributed by atoms with Gasteiger partial charge in [0.1, 0.15) is 5.01 Å². The third kappa shape index (κ3) is 3.20. The molecule has 5 heteroatoms. The van der Waals surface area contributed by atoms with E-state index >= 15 is 0 Å². The maximum atomic E-state index is 5.70. The summed E-state index contributed by atoms with van der Waals surface area (Å²) in [7, 11) is 2.06. The van der Waals surface area contributed by atoms with E-state index < -0.39 is 0 Å². The van der Waals surface area contributed by atoms with Crippen molar-refractivity contribution >= 4 is 21.6 Å². The van der Waals surface area contributed by atoms with Gasteiger partial charge in [-0.2, -0.15) is 5.10 Å². The second-order valence-electron chi connectivity index (χ2n) is 6.51. The largest absolute Gasteiger partial charge is 0.367 e. The Bertz CT molecular complexity index is 563. The average Bonchev–Trinajstić information content (AvgIpc) is 2.80. The van der Waals surface area contributed by atoms with E-state index in [2.05, 4.69) is 64.2 Å². The summed E-state index contributed by atoms with van der Waals surface area (Å²) in [5, 5.41) is 6.89. The molecule has 0 aliphatic carbocycles. The molecule has 0 radical (unpaired) electrons. The fourth-order valence-electron chi connectivity index (χ4n) is 3.90. The minimum Gasteiger partial charge on any atom is -0.367 e. The molecule has 2 aliphatic rings. The van der Waals surface area contributed by atoms with Crippen LogP contribution < -0.4 is 0 Å². The van der Waals surface area contributed by atoms with Gasteiger partial charge in [0, 0.05) is 44.2 Å². The first-order chi connectivity index (χ1) is 10.6. The van der Waals surface area contributed by atoms with Crippen molar-refractivity contribution in [2.45, 2.75) is 37.6 Å². The fraction of sp³-hybridized carbons (Fsp3) is 0.647. The number of hydrogen-bond acceptors (Lipinski definition) is 4. The molecule has 4 atom stereocenters. The highest BCUT2D eigenvalue weighted by atomic mass is 79.9. The molecule has 22 heavy (non-hydrogen) atoms. The van der Waals surface area contributed by atoms with E-state index in [0.29, 0.717) is 17.8 Å². The van der Waals surface area contributed by atoms with Gasteiger partial charge in [0.25, 0.3) is 0 Å². The molecular weight excluding hydrogens is 342 g/mol. The first kappa shape index (κ1) is 15.9. The Morgan fingerprint density at radius 3 is 2.86 bits per heavy atom. The van der Waals surface area contributed by atoms with Crippen LogP contribution in [0.3, 0.4) is 0 Å². The summed E-state index contributed by atoms with van der Waals surface area (Å²) >= 11 is 3.65. The number of aromatic nitrogens is 1. The van der Waals surface area contributed by atoms with Crippen LogP contribution >= 0.6 is 15.9 Å². The molecular formula is C17H24BrN3O. The van der Waals surface area contributed by atoms with Gasteiger partial charge in [-0.25, -0.2) is 0 Å². The molecule has 0 spiro atoms. The van der Waals surface area contributed by atoms with Crippen molar-refractivity contribution in [1.82, 2.24) is 9.99 Å². The second-order valence-corrected chi connectivity index (χ2v) is 7.53. The molecule has 120 valence electrons. The molecule has 0 bridgehead atoms. The zero-order valence-electron chi connectivity index (χ0n) is 13.5. The quantitative estimate of drug-likeness (QED) is 0.768. The number of halogens is 1. The second kappa shape index (κ2) is 6.67. The molecule has 1 aromatic heterocycles. The maximum absolute atomic E-state index is 5.70.